The molecule has 0 bridgehead atoms. The molecule has 1 aliphatic rings. The van der Waals surface area contributed by atoms with Gasteiger partial charge in [0.15, 0.2) is 0 Å². The van der Waals surface area contributed by atoms with Crippen molar-refractivity contribution in [2.45, 2.75) is 38.3 Å². The van der Waals surface area contributed by atoms with Crippen molar-refractivity contribution in [2.24, 2.45) is 0 Å². The van der Waals surface area contributed by atoms with Crippen LogP contribution in [0.2, 0.25) is 0 Å². The van der Waals surface area contributed by atoms with E-state index in [4.69, 9.17) is 10.2 Å². The number of likely N-dealkylation sites (tertiary alicyclic amines) is 1. The van der Waals surface area contributed by atoms with Gasteiger partial charge < -0.3 is 10.2 Å². The van der Waals surface area contributed by atoms with Crippen LogP contribution in [0.25, 0.3) is 0 Å². The van der Waals surface area contributed by atoms with E-state index in [-0.39, 0.29) is 6.61 Å². The zero-order chi connectivity index (χ0) is 13.7. The quantitative estimate of drug-likeness (QED) is 0.854. The van der Waals surface area contributed by atoms with Crippen LogP contribution in [0.15, 0.2) is 24.3 Å². The lowest BCUT2D eigenvalue weighted by atomic mass is 9.98. The van der Waals surface area contributed by atoms with Gasteiger partial charge in [-0.05, 0) is 43.5 Å². The first-order valence-electron chi connectivity index (χ1n) is 6.88. The summed E-state index contributed by atoms with van der Waals surface area (Å²) in [4.78, 5) is 13.3. The Balaban J connectivity index is 2.06. The fourth-order valence-corrected chi connectivity index (χ4v) is 2.78. The molecule has 1 heterocycles. The number of hydrogen-bond donors (Lipinski definition) is 2. The lowest BCUT2D eigenvalue weighted by molar-refractivity contribution is 0.0696. The summed E-state index contributed by atoms with van der Waals surface area (Å²) in [6.07, 6.45) is 4.33. The minimum absolute atomic E-state index is 0.219. The molecule has 1 atom stereocenters. The molecule has 0 aromatic heterocycles. The Hall–Kier alpha value is -1.39. The van der Waals surface area contributed by atoms with E-state index < -0.39 is 5.97 Å². The zero-order valence-corrected chi connectivity index (χ0v) is 11.1. The van der Waals surface area contributed by atoms with Gasteiger partial charge in [0.1, 0.15) is 0 Å². The smallest absolute Gasteiger partial charge is 0.335 e. The highest BCUT2D eigenvalue weighted by atomic mass is 16.4. The van der Waals surface area contributed by atoms with Crippen molar-refractivity contribution in [2.75, 3.05) is 13.2 Å². The average molecular weight is 263 g/mol. The summed E-state index contributed by atoms with van der Waals surface area (Å²) in [5.74, 6) is -0.882. The third-order valence-corrected chi connectivity index (χ3v) is 3.77. The van der Waals surface area contributed by atoms with E-state index in [0.717, 1.165) is 31.5 Å². The summed E-state index contributed by atoms with van der Waals surface area (Å²) in [6, 6.07) is 7.55. The summed E-state index contributed by atoms with van der Waals surface area (Å²) in [5, 5.41) is 18.1. The second kappa shape index (κ2) is 6.68. The van der Waals surface area contributed by atoms with Crippen molar-refractivity contribution in [1.29, 1.82) is 0 Å². The van der Waals surface area contributed by atoms with Crippen molar-refractivity contribution < 1.29 is 15.0 Å². The lowest BCUT2D eigenvalue weighted by Gasteiger charge is -2.35. The summed E-state index contributed by atoms with van der Waals surface area (Å²) < 4.78 is 0. The highest BCUT2D eigenvalue weighted by Gasteiger charge is 2.21. The van der Waals surface area contributed by atoms with E-state index in [0.29, 0.717) is 11.6 Å². The number of carboxylic acids is 1. The summed E-state index contributed by atoms with van der Waals surface area (Å²) >= 11 is 0. The molecule has 0 aliphatic carbocycles. The number of carbonyl (C=O) groups is 1. The molecule has 0 radical (unpaired) electrons. The average Bonchev–Trinajstić information content (AvgIpc) is 2.41. The molecule has 1 saturated heterocycles. The molecule has 1 aliphatic heterocycles. The van der Waals surface area contributed by atoms with Crippen molar-refractivity contribution >= 4 is 5.97 Å². The van der Waals surface area contributed by atoms with Gasteiger partial charge in [-0.25, -0.2) is 4.79 Å². The van der Waals surface area contributed by atoms with Gasteiger partial charge in [-0.3, -0.25) is 4.90 Å². The fourth-order valence-electron chi connectivity index (χ4n) is 2.78. The van der Waals surface area contributed by atoms with Crippen molar-refractivity contribution in [1.82, 2.24) is 4.90 Å². The molecule has 0 saturated carbocycles. The molecular weight excluding hydrogens is 242 g/mol. The highest BCUT2D eigenvalue weighted by molar-refractivity contribution is 5.87. The van der Waals surface area contributed by atoms with Crippen LogP contribution in [0, 0.1) is 0 Å². The number of rotatable bonds is 5. The van der Waals surface area contributed by atoms with Gasteiger partial charge in [0.25, 0.3) is 0 Å². The van der Waals surface area contributed by atoms with E-state index >= 15 is 0 Å². The molecule has 1 fully saturated rings. The minimum Gasteiger partial charge on any atom is -0.478 e. The lowest BCUT2D eigenvalue weighted by Crippen LogP contribution is -2.39. The van der Waals surface area contributed by atoms with Crippen LogP contribution >= 0.6 is 0 Å². The first-order valence-corrected chi connectivity index (χ1v) is 6.88. The fraction of sp³-hybridized carbons (Fsp3) is 0.533. The molecule has 4 nitrogen and oxygen atoms in total. The Kier molecular flexibility index (Phi) is 4.93. The Morgan fingerprint density at radius 2 is 2.21 bits per heavy atom. The normalized spacial score (nSPS) is 20.4. The first-order chi connectivity index (χ1) is 9.20. The second-order valence-corrected chi connectivity index (χ2v) is 5.14. The molecular formula is C15H21NO3. The molecule has 4 heteroatoms. The number of benzene rings is 1. The predicted molar refractivity (Wildman–Crippen MR) is 73.2 cm³/mol. The van der Waals surface area contributed by atoms with Crippen LogP contribution in [-0.4, -0.2) is 40.3 Å². The second-order valence-electron chi connectivity index (χ2n) is 5.14. The first kappa shape index (κ1) is 14.0. The third kappa shape index (κ3) is 3.78. The predicted octanol–water partition coefficient (Wildman–Crippen LogP) is 2.12. The Bertz CT molecular complexity index is 431. The molecule has 1 unspecified atom stereocenters. The van der Waals surface area contributed by atoms with Crippen LogP contribution in [0.1, 0.15) is 41.6 Å². The number of piperidine rings is 1. The zero-order valence-electron chi connectivity index (χ0n) is 11.1. The van der Waals surface area contributed by atoms with E-state index in [1.54, 1.807) is 18.2 Å². The Morgan fingerprint density at radius 1 is 1.37 bits per heavy atom. The van der Waals surface area contributed by atoms with Crippen LogP contribution < -0.4 is 0 Å². The van der Waals surface area contributed by atoms with E-state index in [2.05, 4.69) is 4.90 Å². The van der Waals surface area contributed by atoms with Crippen LogP contribution in [-0.2, 0) is 6.54 Å². The number of aliphatic hydroxyl groups is 1. The van der Waals surface area contributed by atoms with Gasteiger partial charge in [-0.2, -0.15) is 0 Å². The number of aliphatic hydroxyl groups excluding tert-OH is 1. The largest absolute Gasteiger partial charge is 0.478 e. The standard InChI is InChI=1S/C15H21NO3/c17-9-7-14-6-1-2-8-16(14)11-12-4-3-5-13(10-12)15(18)19/h3-5,10,14,17H,1-2,6-9,11H2,(H,18,19). The number of nitrogens with zero attached hydrogens (tertiary/aromatic N) is 1. The van der Waals surface area contributed by atoms with Gasteiger partial charge in [0.2, 0.25) is 0 Å². The van der Waals surface area contributed by atoms with E-state index in [9.17, 15) is 4.79 Å². The maximum absolute atomic E-state index is 11.0. The van der Waals surface area contributed by atoms with Gasteiger partial charge in [-0.15, -0.1) is 0 Å². The maximum Gasteiger partial charge on any atom is 0.335 e. The number of carboxylic acid groups (broad SMARTS) is 1. The number of aromatic carboxylic acids is 1. The third-order valence-electron chi connectivity index (χ3n) is 3.77. The molecule has 0 amide bonds. The monoisotopic (exact) mass is 263 g/mol. The van der Waals surface area contributed by atoms with Crippen LogP contribution in [0.3, 0.4) is 0 Å². The molecule has 1 aromatic rings. The van der Waals surface area contributed by atoms with Crippen molar-refractivity contribution in [3.63, 3.8) is 0 Å². The Morgan fingerprint density at radius 3 is 2.95 bits per heavy atom. The topological polar surface area (TPSA) is 60.8 Å². The molecule has 1 aromatic carbocycles. The minimum atomic E-state index is -0.882. The van der Waals surface area contributed by atoms with Gasteiger partial charge >= 0.3 is 5.97 Å². The Labute approximate surface area is 113 Å². The van der Waals surface area contributed by atoms with Crippen LogP contribution in [0.5, 0.6) is 0 Å². The summed E-state index contributed by atoms with van der Waals surface area (Å²) in [5.41, 5.74) is 1.37. The molecule has 19 heavy (non-hydrogen) atoms. The SMILES string of the molecule is O=C(O)c1cccc(CN2CCCCC2CCO)c1. The summed E-state index contributed by atoms with van der Waals surface area (Å²) in [7, 11) is 0. The van der Waals surface area contributed by atoms with E-state index in [1.165, 1.54) is 12.8 Å². The summed E-state index contributed by atoms with van der Waals surface area (Å²) in [6.45, 7) is 2.02. The van der Waals surface area contributed by atoms with Crippen molar-refractivity contribution in [3.05, 3.63) is 35.4 Å². The van der Waals surface area contributed by atoms with Gasteiger partial charge in [-0.1, -0.05) is 18.6 Å². The van der Waals surface area contributed by atoms with Gasteiger partial charge in [0.05, 0.1) is 5.56 Å². The van der Waals surface area contributed by atoms with Crippen LogP contribution in [0.4, 0.5) is 0 Å². The molecule has 104 valence electrons. The molecule has 2 N–H and O–H groups in total. The van der Waals surface area contributed by atoms with Crippen molar-refractivity contribution in [3.8, 4) is 0 Å². The molecule has 0 spiro atoms. The van der Waals surface area contributed by atoms with Gasteiger partial charge in [0, 0.05) is 19.2 Å². The number of hydrogen-bond acceptors (Lipinski definition) is 3. The highest BCUT2D eigenvalue weighted by Crippen LogP contribution is 2.22. The van der Waals surface area contributed by atoms with E-state index in [1.807, 2.05) is 6.07 Å². The molecule has 2 rings (SSSR count). The maximum atomic E-state index is 11.0.